The van der Waals surface area contributed by atoms with Crippen molar-refractivity contribution in [3.63, 3.8) is 0 Å². The molecule has 1 N–H and O–H groups in total. The third kappa shape index (κ3) is 7.48. The molecule has 0 aliphatic heterocycles. The first kappa shape index (κ1) is 25.6. The van der Waals surface area contributed by atoms with Gasteiger partial charge in [-0.3, -0.25) is 19.7 Å². The second-order valence-electron chi connectivity index (χ2n) is 8.80. The lowest BCUT2D eigenvalue weighted by Gasteiger charge is -2.31. The number of nitrogens with one attached hydrogen (secondary N) is 1. The van der Waals surface area contributed by atoms with Crippen molar-refractivity contribution in [2.24, 2.45) is 0 Å². The summed E-state index contributed by atoms with van der Waals surface area (Å²) in [7, 11) is 1.32. The molecule has 1 atom stereocenters. The molecule has 9 heteroatoms. The van der Waals surface area contributed by atoms with Crippen LogP contribution in [0.1, 0.15) is 38.8 Å². The summed E-state index contributed by atoms with van der Waals surface area (Å²) >= 11 is 0. The zero-order valence-electron chi connectivity index (χ0n) is 19.9. The minimum absolute atomic E-state index is 0.0272. The number of rotatable bonds is 9. The molecule has 0 unspecified atom stereocenters. The van der Waals surface area contributed by atoms with Crippen LogP contribution in [0.3, 0.4) is 0 Å². The van der Waals surface area contributed by atoms with Gasteiger partial charge in [0.25, 0.3) is 5.91 Å². The highest BCUT2D eigenvalue weighted by molar-refractivity contribution is 5.88. The second kappa shape index (κ2) is 10.8. The quantitative estimate of drug-likeness (QED) is 0.455. The predicted molar refractivity (Wildman–Crippen MR) is 124 cm³/mol. The van der Waals surface area contributed by atoms with E-state index >= 15 is 0 Å². The molecule has 2 aromatic rings. The van der Waals surface area contributed by atoms with E-state index in [-0.39, 0.29) is 36.2 Å². The zero-order chi connectivity index (χ0) is 24.8. The maximum atomic E-state index is 13.1. The van der Waals surface area contributed by atoms with Crippen LogP contribution >= 0.6 is 0 Å². The van der Waals surface area contributed by atoms with Gasteiger partial charge in [0.15, 0.2) is 6.61 Å². The second-order valence-corrected chi connectivity index (χ2v) is 8.80. The molecule has 0 saturated carbocycles. The van der Waals surface area contributed by atoms with E-state index in [1.54, 1.807) is 6.92 Å². The van der Waals surface area contributed by atoms with Crippen LogP contribution in [-0.4, -0.2) is 46.9 Å². The number of amides is 2. The maximum Gasteiger partial charge on any atom is 0.311 e. The number of carbonyl (C=O) groups is 2. The van der Waals surface area contributed by atoms with Crippen molar-refractivity contribution >= 4 is 17.5 Å². The number of aryl methyl sites for hydroxylation is 1. The Balaban J connectivity index is 2.21. The van der Waals surface area contributed by atoms with Gasteiger partial charge in [0.1, 0.15) is 11.8 Å². The van der Waals surface area contributed by atoms with E-state index in [9.17, 15) is 19.7 Å². The molecule has 0 aliphatic carbocycles. The number of nitro groups is 1. The fourth-order valence-electron chi connectivity index (χ4n) is 3.07. The summed E-state index contributed by atoms with van der Waals surface area (Å²) in [6, 6.07) is 11.0. The summed E-state index contributed by atoms with van der Waals surface area (Å²) in [5, 5.41) is 14.0. The lowest BCUT2D eigenvalue weighted by molar-refractivity contribution is -0.385. The Morgan fingerprint density at radius 3 is 2.33 bits per heavy atom. The molecular weight excluding hydrogens is 426 g/mol. The highest BCUT2D eigenvalue weighted by Crippen LogP contribution is 2.30. The van der Waals surface area contributed by atoms with Crippen molar-refractivity contribution in [3.05, 3.63) is 63.7 Å². The minimum atomic E-state index is -0.743. The van der Waals surface area contributed by atoms with Crippen LogP contribution in [-0.2, 0) is 16.1 Å². The standard InChI is InChI=1S/C24H31N3O6/c1-16-7-9-18(10-8-16)14-26(17(2)23(29)25-24(3,4)5)22(28)15-33-19-11-12-20(27(30)31)21(13-19)32-6/h7-13,17H,14-15H2,1-6H3,(H,25,29)/t17-/m0/s1. The average molecular weight is 458 g/mol. The van der Waals surface area contributed by atoms with Gasteiger partial charge in [-0.15, -0.1) is 0 Å². The van der Waals surface area contributed by atoms with Crippen molar-refractivity contribution in [1.29, 1.82) is 0 Å². The number of nitro benzene ring substituents is 1. The predicted octanol–water partition coefficient (Wildman–Crippen LogP) is 3.62. The summed E-state index contributed by atoms with van der Waals surface area (Å²) in [6.45, 7) is 9.13. The van der Waals surface area contributed by atoms with Gasteiger partial charge < -0.3 is 19.7 Å². The monoisotopic (exact) mass is 457 g/mol. The van der Waals surface area contributed by atoms with E-state index in [1.165, 1.54) is 30.2 Å². The van der Waals surface area contributed by atoms with Crippen molar-refractivity contribution < 1.29 is 24.0 Å². The summed E-state index contributed by atoms with van der Waals surface area (Å²) < 4.78 is 10.6. The van der Waals surface area contributed by atoms with E-state index in [0.717, 1.165) is 11.1 Å². The van der Waals surface area contributed by atoms with Crippen LogP contribution in [0.15, 0.2) is 42.5 Å². The molecular formula is C24H31N3O6. The van der Waals surface area contributed by atoms with Gasteiger partial charge in [0.2, 0.25) is 11.7 Å². The number of hydrogen-bond donors (Lipinski definition) is 1. The molecule has 0 saturated heterocycles. The molecule has 2 aromatic carbocycles. The molecule has 0 spiro atoms. The zero-order valence-corrected chi connectivity index (χ0v) is 19.9. The van der Waals surface area contributed by atoms with E-state index in [2.05, 4.69) is 5.32 Å². The van der Waals surface area contributed by atoms with Crippen LogP contribution < -0.4 is 14.8 Å². The number of methoxy groups -OCH3 is 1. The molecule has 0 fully saturated rings. The Labute approximate surface area is 193 Å². The molecule has 0 aromatic heterocycles. The van der Waals surface area contributed by atoms with Gasteiger partial charge in [-0.2, -0.15) is 0 Å². The van der Waals surface area contributed by atoms with Crippen LogP contribution in [0.2, 0.25) is 0 Å². The average Bonchev–Trinajstić information content (AvgIpc) is 2.75. The fraction of sp³-hybridized carbons (Fsp3) is 0.417. The number of benzene rings is 2. The summed E-state index contributed by atoms with van der Waals surface area (Å²) in [5.74, 6) is -0.406. The van der Waals surface area contributed by atoms with Gasteiger partial charge in [-0.05, 0) is 46.2 Å². The lowest BCUT2D eigenvalue weighted by atomic mass is 10.1. The Bertz CT molecular complexity index is 998. The molecule has 33 heavy (non-hydrogen) atoms. The number of carbonyl (C=O) groups excluding carboxylic acids is 2. The number of nitrogens with zero attached hydrogens (tertiary/aromatic N) is 2. The van der Waals surface area contributed by atoms with E-state index in [0.29, 0.717) is 0 Å². The highest BCUT2D eigenvalue weighted by atomic mass is 16.6. The molecule has 2 amide bonds. The minimum Gasteiger partial charge on any atom is -0.490 e. The summed E-state index contributed by atoms with van der Waals surface area (Å²) in [4.78, 5) is 37.8. The first-order chi connectivity index (χ1) is 15.4. The molecule has 0 bridgehead atoms. The topological polar surface area (TPSA) is 111 Å². The van der Waals surface area contributed by atoms with Crippen LogP contribution in [0, 0.1) is 17.0 Å². The van der Waals surface area contributed by atoms with Crippen molar-refractivity contribution in [2.45, 2.75) is 52.7 Å². The van der Waals surface area contributed by atoms with Crippen LogP contribution in [0.5, 0.6) is 11.5 Å². The molecule has 0 aliphatic rings. The molecule has 2 rings (SSSR count). The Morgan fingerprint density at radius 2 is 1.79 bits per heavy atom. The normalized spacial score (nSPS) is 11.9. The van der Waals surface area contributed by atoms with E-state index in [1.807, 2.05) is 52.0 Å². The summed E-state index contributed by atoms with van der Waals surface area (Å²) in [5.41, 5.74) is 1.31. The van der Waals surface area contributed by atoms with Gasteiger partial charge in [0.05, 0.1) is 12.0 Å². The third-order valence-corrected chi connectivity index (χ3v) is 4.85. The van der Waals surface area contributed by atoms with Crippen LogP contribution in [0.25, 0.3) is 0 Å². The van der Waals surface area contributed by atoms with Crippen molar-refractivity contribution in [2.75, 3.05) is 13.7 Å². The SMILES string of the molecule is COc1cc(OCC(=O)N(Cc2ccc(C)cc2)[C@@H](C)C(=O)NC(C)(C)C)ccc1[N+](=O)[O-]. The summed E-state index contributed by atoms with van der Waals surface area (Å²) in [6.07, 6.45) is 0. The van der Waals surface area contributed by atoms with Gasteiger partial charge in [-0.1, -0.05) is 29.8 Å². The van der Waals surface area contributed by atoms with Gasteiger partial charge in [-0.25, -0.2) is 0 Å². The Kier molecular flexibility index (Phi) is 8.39. The largest absolute Gasteiger partial charge is 0.490 e. The van der Waals surface area contributed by atoms with Crippen molar-refractivity contribution in [3.8, 4) is 11.5 Å². The van der Waals surface area contributed by atoms with Crippen molar-refractivity contribution in [1.82, 2.24) is 10.2 Å². The molecule has 0 radical (unpaired) electrons. The van der Waals surface area contributed by atoms with Gasteiger partial charge in [0, 0.05) is 24.2 Å². The maximum absolute atomic E-state index is 13.1. The van der Waals surface area contributed by atoms with Crippen LogP contribution in [0.4, 0.5) is 5.69 Å². The molecule has 9 nitrogen and oxygen atoms in total. The van der Waals surface area contributed by atoms with E-state index in [4.69, 9.17) is 9.47 Å². The highest BCUT2D eigenvalue weighted by Gasteiger charge is 2.29. The first-order valence-electron chi connectivity index (χ1n) is 10.5. The smallest absolute Gasteiger partial charge is 0.311 e. The molecule has 0 heterocycles. The Morgan fingerprint density at radius 1 is 1.15 bits per heavy atom. The first-order valence-corrected chi connectivity index (χ1v) is 10.5. The molecule has 178 valence electrons. The fourth-order valence-corrected chi connectivity index (χ4v) is 3.07. The van der Waals surface area contributed by atoms with E-state index < -0.39 is 22.4 Å². The third-order valence-electron chi connectivity index (χ3n) is 4.85. The number of hydrogen-bond acceptors (Lipinski definition) is 6. The van der Waals surface area contributed by atoms with Gasteiger partial charge >= 0.3 is 5.69 Å². The lowest BCUT2D eigenvalue weighted by Crippen LogP contribution is -2.53. The Hall–Kier alpha value is -3.62. The number of ether oxygens (including phenoxy) is 2.